The van der Waals surface area contributed by atoms with Crippen LogP contribution in [0, 0.1) is 11.8 Å². The Hall–Kier alpha value is -1.39. The second-order valence-electron chi connectivity index (χ2n) is 3.71. The minimum Gasteiger partial charge on any atom is -0.395 e. The standard InChI is InChI=1S/C13H17NO4S/c1-2-14(8-10-16)19(17,18)13-7-3-5-12(11-13)6-4-9-15/h3,5,7,11,15-16H,2,8-10H2,1H3. The van der Waals surface area contributed by atoms with Crippen LogP contribution in [0.25, 0.3) is 0 Å². The van der Waals surface area contributed by atoms with Gasteiger partial charge in [0, 0.05) is 18.7 Å². The summed E-state index contributed by atoms with van der Waals surface area (Å²) in [6, 6.07) is 6.21. The molecule has 1 rings (SSSR count). The Balaban J connectivity index is 3.14. The van der Waals surface area contributed by atoms with Crippen molar-refractivity contribution in [2.75, 3.05) is 26.3 Å². The lowest BCUT2D eigenvalue weighted by Crippen LogP contribution is -2.33. The molecule has 0 fully saturated rings. The highest BCUT2D eigenvalue weighted by Crippen LogP contribution is 2.16. The van der Waals surface area contributed by atoms with Crippen molar-refractivity contribution in [3.05, 3.63) is 29.8 Å². The van der Waals surface area contributed by atoms with Crippen LogP contribution in [-0.4, -0.2) is 49.2 Å². The number of sulfonamides is 1. The molecule has 0 aliphatic rings. The molecular weight excluding hydrogens is 266 g/mol. The monoisotopic (exact) mass is 283 g/mol. The molecule has 0 saturated heterocycles. The second-order valence-corrected chi connectivity index (χ2v) is 5.65. The van der Waals surface area contributed by atoms with Gasteiger partial charge in [-0.05, 0) is 18.2 Å². The Kier molecular flexibility index (Phi) is 5.99. The van der Waals surface area contributed by atoms with E-state index in [1.807, 2.05) is 0 Å². The summed E-state index contributed by atoms with van der Waals surface area (Å²) in [6.45, 7) is 1.56. The van der Waals surface area contributed by atoms with Crippen molar-refractivity contribution in [1.29, 1.82) is 0 Å². The fourth-order valence-electron chi connectivity index (χ4n) is 1.58. The first-order chi connectivity index (χ1) is 9.06. The first-order valence-electron chi connectivity index (χ1n) is 5.87. The van der Waals surface area contributed by atoms with Crippen LogP contribution in [-0.2, 0) is 10.0 Å². The van der Waals surface area contributed by atoms with Crippen LogP contribution in [0.5, 0.6) is 0 Å². The summed E-state index contributed by atoms with van der Waals surface area (Å²) in [5.41, 5.74) is 0.523. The number of hydrogen-bond acceptors (Lipinski definition) is 4. The molecule has 19 heavy (non-hydrogen) atoms. The van der Waals surface area contributed by atoms with Crippen molar-refractivity contribution in [3.8, 4) is 11.8 Å². The summed E-state index contributed by atoms with van der Waals surface area (Å²) in [6.07, 6.45) is 0. The van der Waals surface area contributed by atoms with Crippen molar-refractivity contribution in [3.63, 3.8) is 0 Å². The molecule has 0 heterocycles. The predicted molar refractivity (Wildman–Crippen MR) is 71.9 cm³/mol. The third-order valence-electron chi connectivity index (χ3n) is 2.49. The molecule has 0 amide bonds. The van der Waals surface area contributed by atoms with Crippen molar-refractivity contribution < 1.29 is 18.6 Å². The maximum Gasteiger partial charge on any atom is 0.243 e. The van der Waals surface area contributed by atoms with Gasteiger partial charge in [-0.3, -0.25) is 0 Å². The van der Waals surface area contributed by atoms with E-state index in [2.05, 4.69) is 11.8 Å². The molecule has 0 spiro atoms. The lowest BCUT2D eigenvalue weighted by atomic mass is 10.2. The van der Waals surface area contributed by atoms with Crippen LogP contribution >= 0.6 is 0 Å². The number of aliphatic hydroxyl groups excluding tert-OH is 2. The molecule has 0 unspecified atom stereocenters. The highest BCUT2D eigenvalue weighted by atomic mass is 32.2. The van der Waals surface area contributed by atoms with Gasteiger partial charge < -0.3 is 10.2 Å². The van der Waals surface area contributed by atoms with Crippen LogP contribution in [0.1, 0.15) is 12.5 Å². The molecule has 6 heteroatoms. The zero-order valence-corrected chi connectivity index (χ0v) is 11.5. The van der Waals surface area contributed by atoms with Gasteiger partial charge in [0.25, 0.3) is 0 Å². The van der Waals surface area contributed by atoms with Crippen molar-refractivity contribution in [2.45, 2.75) is 11.8 Å². The fourth-order valence-corrected chi connectivity index (χ4v) is 3.07. The highest BCUT2D eigenvalue weighted by molar-refractivity contribution is 7.89. The van der Waals surface area contributed by atoms with E-state index in [1.54, 1.807) is 19.1 Å². The van der Waals surface area contributed by atoms with E-state index in [4.69, 9.17) is 10.2 Å². The molecule has 1 aromatic rings. The van der Waals surface area contributed by atoms with E-state index in [0.717, 1.165) is 0 Å². The van der Waals surface area contributed by atoms with E-state index < -0.39 is 10.0 Å². The lowest BCUT2D eigenvalue weighted by molar-refractivity contribution is 0.257. The molecule has 1 aromatic carbocycles. The number of benzene rings is 1. The van der Waals surface area contributed by atoms with Crippen molar-refractivity contribution in [2.24, 2.45) is 0 Å². The van der Waals surface area contributed by atoms with Crippen molar-refractivity contribution >= 4 is 10.0 Å². The molecule has 0 aromatic heterocycles. The minimum absolute atomic E-state index is 0.0609. The van der Waals surface area contributed by atoms with Crippen LogP contribution in [0.3, 0.4) is 0 Å². The van der Waals surface area contributed by atoms with Gasteiger partial charge in [0.1, 0.15) is 6.61 Å². The van der Waals surface area contributed by atoms with Crippen LogP contribution in [0.2, 0.25) is 0 Å². The fraction of sp³-hybridized carbons (Fsp3) is 0.385. The number of nitrogens with zero attached hydrogens (tertiary/aromatic N) is 1. The van der Waals surface area contributed by atoms with Gasteiger partial charge in [-0.2, -0.15) is 4.31 Å². The van der Waals surface area contributed by atoms with Gasteiger partial charge in [0.05, 0.1) is 11.5 Å². The number of aliphatic hydroxyl groups is 2. The van der Waals surface area contributed by atoms with E-state index >= 15 is 0 Å². The average Bonchev–Trinajstić information content (AvgIpc) is 2.42. The predicted octanol–water partition coefficient (Wildman–Crippen LogP) is 0.0333. The maximum atomic E-state index is 12.3. The molecule has 0 aliphatic heterocycles. The topological polar surface area (TPSA) is 77.8 Å². The molecule has 0 atom stereocenters. The zero-order chi connectivity index (χ0) is 14.3. The Labute approximate surface area is 113 Å². The van der Waals surface area contributed by atoms with Gasteiger partial charge in [-0.1, -0.05) is 24.8 Å². The zero-order valence-electron chi connectivity index (χ0n) is 10.7. The molecule has 0 saturated carbocycles. The summed E-state index contributed by atoms with van der Waals surface area (Å²) in [5.74, 6) is 5.13. The number of rotatable bonds is 5. The first-order valence-corrected chi connectivity index (χ1v) is 7.31. The molecule has 0 bridgehead atoms. The summed E-state index contributed by atoms with van der Waals surface area (Å²) in [5, 5.41) is 17.5. The smallest absolute Gasteiger partial charge is 0.243 e. The largest absolute Gasteiger partial charge is 0.395 e. The average molecular weight is 283 g/mol. The third kappa shape index (κ3) is 4.04. The third-order valence-corrected chi connectivity index (χ3v) is 4.46. The lowest BCUT2D eigenvalue weighted by Gasteiger charge is -2.19. The van der Waals surface area contributed by atoms with E-state index in [0.29, 0.717) is 5.56 Å². The quantitative estimate of drug-likeness (QED) is 0.748. The van der Waals surface area contributed by atoms with Crippen molar-refractivity contribution in [1.82, 2.24) is 4.31 Å². The van der Waals surface area contributed by atoms with Crippen LogP contribution in [0.4, 0.5) is 0 Å². The summed E-state index contributed by atoms with van der Waals surface area (Å²) >= 11 is 0. The first kappa shape index (κ1) is 15.7. The molecule has 0 radical (unpaired) electrons. The number of hydrogen-bond donors (Lipinski definition) is 2. The normalized spacial score (nSPS) is 11.2. The Bertz CT molecular complexity index is 572. The SMILES string of the molecule is CCN(CCO)S(=O)(=O)c1cccc(C#CCO)c1. The Morgan fingerprint density at radius 2 is 2.05 bits per heavy atom. The molecular formula is C13H17NO4S. The Morgan fingerprint density at radius 1 is 1.32 bits per heavy atom. The van der Waals surface area contributed by atoms with E-state index in [9.17, 15) is 8.42 Å². The molecule has 104 valence electrons. The molecule has 0 aliphatic carbocycles. The minimum atomic E-state index is -3.62. The van der Waals surface area contributed by atoms with Gasteiger partial charge >= 0.3 is 0 Å². The van der Waals surface area contributed by atoms with Crippen LogP contribution < -0.4 is 0 Å². The van der Waals surface area contributed by atoms with E-state index in [1.165, 1.54) is 16.4 Å². The summed E-state index contributed by atoms with van der Waals surface area (Å²) in [4.78, 5) is 0.132. The number of likely N-dealkylation sites (N-methyl/N-ethyl adjacent to an activating group) is 1. The van der Waals surface area contributed by atoms with Gasteiger partial charge in [0.2, 0.25) is 10.0 Å². The summed E-state index contributed by atoms with van der Waals surface area (Å²) < 4.78 is 25.8. The van der Waals surface area contributed by atoms with Gasteiger partial charge in [-0.25, -0.2) is 8.42 Å². The summed E-state index contributed by atoms with van der Waals surface area (Å²) in [7, 11) is -3.62. The van der Waals surface area contributed by atoms with Gasteiger partial charge in [-0.15, -0.1) is 0 Å². The Morgan fingerprint density at radius 3 is 2.63 bits per heavy atom. The second kappa shape index (κ2) is 7.26. The van der Waals surface area contributed by atoms with Gasteiger partial charge in [0.15, 0.2) is 0 Å². The highest BCUT2D eigenvalue weighted by Gasteiger charge is 2.22. The maximum absolute atomic E-state index is 12.3. The van der Waals surface area contributed by atoms with E-state index in [-0.39, 0.29) is 31.2 Å². The van der Waals surface area contributed by atoms with Crippen LogP contribution in [0.15, 0.2) is 29.2 Å². The molecule has 2 N–H and O–H groups in total. The molecule has 5 nitrogen and oxygen atoms in total.